The fraction of sp³-hybridized carbons (Fsp3) is 0.429. The van der Waals surface area contributed by atoms with Crippen molar-refractivity contribution in [1.82, 2.24) is 5.32 Å². The van der Waals surface area contributed by atoms with Crippen LogP contribution in [0.5, 0.6) is 11.5 Å². The molecule has 1 aliphatic rings. The molecular weight excluding hydrogens is 262 g/mol. The molecule has 0 saturated heterocycles. The van der Waals surface area contributed by atoms with Gasteiger partial charge in [-0.1, -0.05) is 0 Å². The molecule has 108 valence electrons. The first-order valence-corrected chi connectivity index (χ1v) is 6.40. The van der Waals surface area contributed by atoms with Gasteiger partial charge in [-0.15, -0.1) is 0 Å². The highest BCUT2D eigenvalue weighted by molar-refractivity contribution is 5.97. The Balaban J connectivity index is 2.11. The lowest BCUT2D eigenvalue weighted by atomic mass is 10.1. The van der Waals surface area contributed by atoms with E-state index in [2.05, 4.69) is 10.1 Å². The van der Waals surface area contributed by atoms with Crippen molar-refractivity contribution in [3.8, 4) is 11.5 Å². The lowest BCUT2D eigenvalue weighted by Gasteiger charge is -2.13. The summed E-state index contributed by atoms with van der Waals surface area (Å²) in [7, 11) is 1.28. The molecule has 0 aromatic heterocycles. The molecule has 0 aliphatic carbocycles. The van der Waals surface area contributed by atoms with Crippen LogP contribution in [0, 0.1) is 0 Å². The van der Waals surface area contributed by atoms with E-state index in [1.165, 1.54) is 7.11 Å². The SMILES string of the molecule is COC(=O)C(C)NC(=O)c1ccc2c(c1)OCCCO2. The number of fused-ring (bicyclic) bond motifs is 1. The number of esters is 1. The minimum atomic E-state index is -0.705. The van der Waals surface area contributed by atoms with Gasteiger partial charge in [0, 0.05) is 12.0 Å². The Morgan fingerprint density at radius 3 is 2.65 bits per heavy atom. The van der Waals surface area contributed by atoms with Crippen LogP contribution in [0.25, 0.3) is 0 Å². The summed E-state index contributed by atoms with van der Waals surface area (Å²) in [6, 6.07) is 4.23. The largest absolute Gasteiger partial charge is 0.490 e. The van der Waals surface area contributed by atoms with Gasteiger partial charge in [-0.25, -0.2) is 4.79 Å². The Labute approximate surface area is 117 Å². The summed E-state index contributed by atoms with van der Waals surface area (Å²) < 4.78 is 15.6. The maximum atomic E-state index is 12.0. The normalized spacial score (nSPS) is 14.9. The Bertz CT molecular complexity index is 514. The zero-order valence-corrected chi connectivity index (χ0v) is 11.5. The average molecular weight is 279 g/mol. The van der Waals surface area contributed by atoms with Crippen molar-refractivity contribution in [1.29, 1.82) is 0 Å². The lowest BCUT2D eigenvalue weighted by molar-refractivity contribution is -0.142. The van der Waals surface area contributed by atoms with Crippen molar-refractivity contribution >= 4 is 11.9 Å². The summed E-state index contributed by atoms with van der Waals surface area (Å²) in [4.78, 5) is 23.3. The third-order valence-electron chi connectivity index (χ3n) is 2.91. The van der Waals surface area contributed by atoms with E-state index in [-0.39, 0.29) is 5.91 Å². The second-order valence-corrected chi connectivity index (χ2v) is 4.43. The van der Waals surface area contributed by atoms with Gasteiger partial charge in [0.1, 0.15) is 6.04 Å². The van der Waals surface area contributed by atoms with E-state index in [1.807, 2.05) is 0 Å². The van der Waals surface area contributed by atoms with Gasteiger partial charge < -0.3 is 19.5 Å². The van der Waals surface area contributed by atoms with Crippen molar-refractivity contribution in [2.45, 2.75) is 19.4 Å². The molecule has 1 atom stereocenters. The molecule has 1 unspecified atom stereocenters. The molecule has 2 rings (SSSR count). The summed E-state index contributed by atoms with van der Waals surface area (Å²) in [5.41, 5.74) is 0.407. The molecule has 20 heavy (non-hydrogen) atoms. The highest BCUT2D eigenvalue weighted by Crippen LogP contribution is 2.30. The molecule has 1 aromatic rings. The standard InChI is InChI=1S/C14H17NO5/c1-9(14(17)18-2)15-13(16)10-4-5-11-12(8-10)20-7-3-6-19-11/h4-5,8-9H,3,6-7H2,1-2H3,(H,15,16). The van der Waals surface area contributed by atoms with E-state index >= 15 is 0 Å². The highest BCUT2D eigenvalue weighted by atomic mass is 16.5. The smallest absolute Gasteiger partial charge is 0.328 e. The third-order valence-corrected chi connectivity index (χ3v) is 2.91. The average Bonchev–Trinajstić information content (AvgIpc) is 2.70. The van der Waals surface area contributed by atoms with Gasteiger partial charge >= 0.3 is 5.97 Å². The lowest BCUT2D eigenvalue weighted by Crippen LogP contribution is -2.39. The van der Waals surface area contributed by atoms with Crippen LogP contribution in [0.3, 0.4) is 0 Å². The Morgan fingerprint density at radius 1 is 1.25 bits per heavy atom. The van der Waals surface area contributed by atoms with E-state index in [0.717, 1.165) is 6.42 Å². The fourth-order valence-corrected chi connectivity index (χ4v) is 1.82. The number of benzene rings is 1. The molecule has 1 N–H and O–H groups in total. The van der Waals surface area contributed by atoms with Gasteiger partial charge in [0.05, 0.1) is 20.3 Å². The van der Waals surface area contributed by atoms with Crippen molar-refractivity contribution < 1.29 is 23.8 Å². The van der Waals surface area contributed by atoms with Crippen molar-refractivity contribution in [3.05, 3.63) is 23.8 Å². The van der Waals surface area contributed by atoms with Crippen molar-refractivity contribution in [2.24, 2.45) is 0 Å². The molecule has 1 amide bonds. The van der Waals surface area contributed by atoms with E-state index in [9.17, 15) is 9.59 Å². The van der Waals surface area contributed by atoms with Gasteiger partial charge in [-0.05, 0) is 25.1 Å². The summed E-state index contributed by atoms with van der Waals surface area (Å²) in [5.74, 6) is 0.312. The molecule has 0 bridgehead atoms. The zero-order valence-electron chi connectivity index (χ0n) is 11.5. The first-order valence-electron chi connectivity index (χ1n) is 6.40. The first kappa shape index (κ1) is 14.2. The second kappa shape index (κ2) is 6.27. The number of ether oxygens (including phenoxy) is 3. The molecule has 6 heteroatoms. The van der Waals surface area contributed by atoms with Gasteiger partial charge in [0.25, 0.3) is 5.91 Å². The zero-order chi connectivity index (χ0) is 14.5. The van der Waals surface area contributed by atoms with Crippen LogP contribution >= 0.6 is 0 Å². The minimum absolute atomic E-state index is 0.362. The number of amides is 1. The quantitative estimate of drug-likeness (QED) is 0.840. The molecule has 0 fully saturated rings. The topological polar surface area (TPSA) is 73.9 Å². The fourth-order valence-electron chi connectivity index (χ4n) is 1.82. The van der Waals surface area contributed by atoms with Crippen LogP contribution in [-0.4, -0.2) is 38.2 Å². The van der Waals surface area contributed by atoms with Crippen LogP contribution in [0.15, 0.2) is 18.2 Å². The van der Waals surface area contributed by atoms with Gasteiger partial charge in [-0.2, -0.15) is 0 Å². The maximum Gasteiger partial charge on any atom is 0.328 e. The predicted octanol–water partition coefficient (Wildman–Crippen LogP) is 1.14. The van der Waals surface area contributed by atoms with E-state index in [1.54, 1.807) is 25.1 Å². The van der Waals surface area contributed by atoms with Gasteiger partial charge in [-0.3, -0.25) is 4.79 Å². The van der Waals surface area contributed by atoms with Crippen molar-refractivity contribution in [3.63, 3.8) is 0 Å². The molecule has 1 aromatic carbocycles. The maximum absolute atomic E-state index is 12.0. The number of methoxy groups -OCH3 is 1. The predicted molar refractivity (Wildman–Crippen MR) is 71.0 cm³/mol. The highest BCUT2D eigenvalue weighted by Gasteiger charge is 2.19. The molecule has 0 saturated carbocycles. The molecule has 1 aliphatic heterocycles. The summed E-state index contributed by atoms with van der Waals surface area (Å²) in [6.45, 7) is 2.71. The monoisotopic (exact) mass is 279 g/mol. The van der Waals surface area contributed by atoms with Crippen molar-refractivity contribution in [2.75, 3.05) is 20.3 Å². The van der Waals surface area contributed by atoms with E-state index < -0.39 is 12.0 Å². The molecule has 1 heterocycles. The van der Waals surface area contributed by atoms with Crippen LogP contribution in [0.1, 0.15) is 23.7 Å². The summed E-state index contributed by atoms with van der Waals surface area (Å²) in [6.07, 6.45) is 0.801. The van der Waals surface area contributed by atoms with Crippen LogP contribution in [0.2, 0.25) is 0 Å². The Hall–Kier alpha value is -2.24. The van der Waals surface area contributed by atoms with Crippen LogP contribution in [-0.2, 0) is 9.53 Å². The van der Waals surface area contributed by atoms with Gasteiger partial charge in [0.15, 0.2) is 11.5 Å². The molecule has 0 spiro atoms. The minimum Gasteiger partial charge on any atom is -0.490 e. The first-order chi connectivity index (χ1) is 9.61. The van der Waals surface area contributed by atoms with Crippen LogP contribution in [0.4, 0.5) is 0 Å². The summed E-state index contributed by atoms with van der Waals surface area (Å²) in [5, 5.41) is 2.56. The van der Waals surface area contributed by atoms with E-state index in [4.69, 9.17) is 9.47 Å². The third kappa shape index (κ3) is 3.20. The van der Waals surface area contributed by atoms with Gasteiger partial charge in [0.2, 0.25) is 0 Å². The van der Waals surface area contributed by atoms with E-state index in [0.29, 0.717) is 30.3 Å². The number of nitrogens with one attached hydrogen (secondary N) is 1. The Morgan fingerprint density at radius 2 is 1.95 bits per heavy atom. The number of rotatable bonds is 3. The second-order valence-electron chi connectivity index (χ2n) is 4.43. The van der Waals surface area contributed by atoms with Crippen LogP contribution < -0.4 is 14.8 Å². The Kier molecular flexibility index (Phi) is 4.45. The molecule has 6 nitrogen and oxygen atoms in total. The number of carbonyl (C=O) groups excluding carboxylic acids is 2. The number of hydrogen-bond donors (Lipinski definition) is 1. The summed E-state index contributed by atoms with van der Waals surface area (Å²) >= 11 is 0. The number of carbonyl (C=O) groups is 2. The molecule has 0 radical (unpaired) electrons. The number of hydrogen-bond acceptors (Lipinski definition) is 5. The molecular formula is C14H17NO5.